The summed E-state index contributed by atoms with van der Waals surface area (Å²) in [7, 11) is 0. The lowest BCUT2D eigenvalue weighted by atomic mass is 10.2. The molecule has 1 aromatic heterocycles. The molecular weight excluding hydrogens is 415 g/mol. The fourth-order valence-electron chi connectivity index (χ4n) is 2.72. The Morgan fingerprint density at radius 3 is 2.76 bits per heavy atom. The number of carbonyl (C=O) groups excluding carboxylic acids is 2. The highest BCUT2D eigenvalue weighted by atomic mass is 35.5. The topological polar surface area (TPSA) is 85.3 Å². The van der Waals surface area contributed by atoms with E-state index in [-0.39, 0.29) is 18.2 Å². The molecule has 2 aromatic carbocycles. The standard InChI is InChI=1S/C20H20Cl2N4O3/c1-13(26-12-23-16-5-2-3-6-17(16)26)20(28)25-24-19(27)7-4-10-29-18-9-8-14(21)11-15(18)22/h2-3,5-6,8-9,11-13H,4,7,10H2,1H3,(H,24,27)(H,25,28). The van der Waals surface area contributed by atoms with Crippen molar-refractivity contribution >= 4 is 46.0 Å². The van der Waals surface area contributed by atoms with Crippen LogP contribution in [-0.4, -0.2) is 28.0 Å². The maximum Gasteiger partial charge on any atom is 0.261 e. The number of imidazole rings is 1. The molecule has 0 saturated heterocycles. The molecule has 0 aliphatic heterocycles. The van der Waals surface area contributed by atoms with E-state index in [1.165, 1.54) is 0 Å². The average Bonchev–Trinajstić information content (AvgIpc) is 3.14. The molecule has 0 aliphatic carbocycles. The predicted molar refractivity (Wildman–Crippen MR) is 112 cm³/mol. The first-order valence-electron chi connectivity index (χ1n) is 9.04. The fraction of sp³-hybridized carbons (Fsp3) is 0.250. The van der Waals surface area contributed by atoms with Gasteiger partial charge in [0.2, 0.25) is 5.91 Å². The molecule has 0 radical (unpaired) electrons. The number of ether oxygens (including phenoxy) is 1. The molecule has 0 bridgehead atoms. The summed E-state index contributed by atoms with van der Waals surface area (Å²) in [6.07, 6.45) is 2.26. The van der Waals surface area contributed by atoms with Crippen LogP contribution in [0, 0.1) is 0 Å². The smallest absolute Gasteiger partial charge is 0.261 e. The molecular formula is C20H20Cl2N4O3. The van der Waals surface area contributed by atoms with Crippen molar-refractivity contribution in [2.24, 2.45) is 0 Å². The molecule has 2 N–H and O–H groups in total. The lowest BCUT2D eigenvalue weighted by Gasteiger charge is -2.15. The number of para-hydroxylation sites is 2. The Morgan fingerprint density at radius 2 is 1.97 bits per heavy atom. The van der Waals surface area contributed by atoms with E-state index < -0.39 is 6.04 Å². The molecule has 0 saturated carbocycles. The van der Waals surface area contributed by atoms with Crippen molar-refractivity contribution < 1.29 is 14.3 Å². The first-order valence-corrected chi connectivity index (χ1v) is 9.79. The molecule has 1 unspecified atom stereocenters. The Kier molecular flexibility index (Phi) is 6.95. The summed E-state index contributed by atoms with van der Waals surface area (Å²) < 4.78 is 7.28. The SMILES string of the molecule is CC(C(=O)NNC(=O)CCCOc1ccc(Cl)cc1Cl)n1cnc2ccccc21. The van der Waals surface area contributed by atoms with Crippen LogP contribution in [-0.2, 0) is 9.59 Å². The number of hydrogen-bond donors (Lipinski definition) is 2. The third-order valence-electron chi connectivity index (χ3n) is 4.30. The van der Waals surface area contributed by atoms with Crippen molar-refractivity contribution in [3.05, 3.63) is 58.8 Å². The van der Waals surface area contributed by atoms with Crippen molar-refractivity contribution in [3.63, 3.8) is 0 Å². The molecule has 7 nitrogen and oxygen atoms in total. The van der Waals surface area contributed by atoms with Crippen LogP contribution in [0.3, 0.4) is 0 Å². The zero-order chi connectivity index (χ0) is 20.8. The molecule has 29 heavy (non-hydrogen) atoms. The molecule has 1 atom stereocenters. The molecule has 1 heterocycles. The van der Waals surface area contributed by atoms with E-state index in [4.69, 9.17) is 27.9 Å². The number of rotatable bonds is 7. The highest BCUT2D eigenvalue weighted by molar-refractivity contribution is 6.35. The first kappa shape index (κ1) is 21.0. The second-order valence-electron chi connectivity index (χ2n) is 6.38. The number of fused-ring (bicyclic) bond motifs is 1. The van der Waals surface area contributed by atoms with Gasteiger partial charge in [-0.2, -0.15) is 0 Å². The molecule has 3 rings (SSSR count). The molecule has 0 aliphatic rings. The molecule has 0 fully saturated rings. The van der Waals surface area contributed by atoms with Crippen molar-refractivity contribution in [1.29, 1.82) is 0 Å². The average molecular weight is 435 g/mol. The molecule has 9 heteroatoms. The zero-order valence-corrected chi connectivity index (χ0v) is 17.2. The Labute approximate surface area is 177 Å². The number of hydrazine groups is 1. The van der Waals surface area contributed by atoms with Crippen LogP contribution in [0.1, 0.15) is 25.8 Å². The van der Waals surface area contributed by atoms with Crippen LogP contribution in [0.4, 0.5) is 0 Å². The first-order chi connectivity index (χ1) is 14.0. The third-order valence-corrected chi connectivity index (χ3v) is 4.83. The van der Waals surface area contributed by atoms with E-state index >= 15 is 0 Å². The van der Waals surface area contributed by atoms with Crippen LogP contribution in [0.15, 0.2) is 48.8 Å². The molecule has 152 valence electrons. The summed E-state index contributed by atoms with van der Waals surface area (Å²) in [6.45, 7) is 2.04. The van der Waals surface area contributed by atoms with Crippen LogP contribution in [0.25, 0.3) is 11.0 Å². The van der Waals surface area contributed by atoms with Gasteiger partial charge in [0, 0.05) is 11.4 Å². The minimum absolute atomic E-state index is 0.188. The summed E-state index contributed by atoms with van der Waals surface area (Å²) in [5.41, 5.74) is 6.51. The van der Waals surface area contributed by atoms with Crippen molar-refractivity contribution in [1.82, 2.24) is 20.4 Å². The second-order valence-corrected chi connectivity index (χ2v) is 7.22. The van der Waals surface area contributed by atoms with Gasteiger partial charge in [0.15, 0.2) is 0 Å². The Bertz CT molecular complexity index is 1020. The van der Waals surface area contributed by atoms with Gasteiger partial charge in [0.25, 0.3) is 5.91 Å². The van der Waals surface area contributed by atoms with Gasteiger partial charge in [-0.3, -0.25) is 20.4 Å². The van der Waals surface area contributed by atoms with Gasteiger partial charge in [-0.15, -0.1) is 0 Å². The van der Waals surface area contributed by atoms with Crippen LogP contribution < -0.4 is 15.6 Å². The van der Waals surface area contributed by atoms with E-state index in [2.05, 4.69) is 15.8 Å². The van der Waals surface area contributed by atoms with E-state index in [1.54, 1.807) is 36.0 Å². The van der Waals surface area contributed by atoms with E-state index in [9.17, 15) is 9.59 Å². The number of benzene rings is 2. The highest BCUT2D eigenvalue weighted by Crippen LogP contribution is 2.27. The Hall–Kier alpha value is -2.77. The minimum Gasteiger partial charge on any atom is -0.492 e. The van der Waals surface area contributed by atoms with Gasteiger partial charge >= 0.3 is 0 Å². The predicted octanol–water partition coefficient (Wildman–Crippen LogP) is 3.91. The number of amides is 2. The maximum atomic E-state index is 12.3. The number of carbonyl (C=O) groups is 2. The van der Waals surface area contributed by atoms with Crippen molar-refractivity contribution in [2.75, 3.05) is 6.61 Å². The highest BCUT2D eigenvalue weighted by Gasteiger charge is 2.17. The lowest BCUT2D eigenvalue weighted by Crippen LogP contribution is -2.44. The lowest BCUT2D eigenvalue weighted by molar-refractivity contribution is -0.130. The zero-order valence-electron chi connectivity index (χ0n) is 15.7. The fourth-order valence-corrected chi connectivity index (χ4v) is 3.18. The normalized spacial score (nSPS) is 11.8. The van der Waals surface area contributed by atoms with Gasteiger partial charge < -0.3 is 9.30 Å². The van der Waals surface area contributed by atoms with E-state index in [0.29, 0.717) is 28.8 Å². The maximum absolute atomic E-state index is 12.3. The molecule has 3 aromatic rings. The Morgan fingerprint density at radius 1 is 1.17 bits per heavy atom. The molecule has 0 spiro atoms. The minimum atomic E-state index is -0.530. The van der Waals surface area contributed by atoms with E-state index in [1.807, 2.05) is 24.3 Å². The largest absolute Gasteiger partial charge is 0.492 e. The number of hydrogen-bond acceptors (Lipinski definition) is 4. The monoisotopic (exact) mass is 434 g/mol. The quantitative estimate of drug-likeness (QED) is 0.435. The summed E-state index contributed by atoms with van der Waals surface area (Å²) in [5.74, 6) is -0.149. The van der Waals surface area contributed by atoms with Gasteiger partial charge in [-0.25, -0.2) is 4.98 Å². The van der Waals surface area contributed by atoms with Crippen LogP contribution in [0.5, 0.6) is 5.75 Å². The van der Waals surface area contributed by atoms with Gasteiger partial charge in [0.1, 0.15) is 11.8 Å². The summed E-state index contributed by atoms with van der Waals surface area (Å²) in [5, 5.41) is 0.936. The van der Waals surface area contributed by atoms with Crippen LogP contribution in [0.2, 0.25) is 10.0 Å². The third kappa shape index (κ3) is 5.40. The van der Waals surface area contributed by atoms with Crippen molar-refractivity contribution in [3.8, 4) is 5.75 Å². The van der Waals surface area contributed by atoms with Crippen molar-refractivity contribution in [2.45, 2.75) is 25.8 Å². The summed E-state index contributed by atoms with van der Waals surface area (Å²) >= 11 is 11.9. The van der Waals surface area contributed by atoms with E-state index in [0.717, 1.165) is 11.0 Å². The number of nitrogens with one attached hydrogen (secondary N) is 2. The number of nitrogens with zero attached hydrogens (tertiary/aromatic N) is 2. The molecule has 2 amide bonds. The van der Waals surface area contributed by atoms with Gasteiger partial charge in [0.05, 0.1) is 29.0 Å². The summed E-state index contributed by atoms with van der Waals surface area (Å²) in [4.78, 5) is 28.6. The number of aromatic nitrogens is 2. The number of halogens is 2. The van der Waals surface area contributed by atoms with Gasteiger partial charge in [-0.05, 0) is 43.7 Å². The Balaban J connectivity index is 1.41. The van der Waals surface area contributed by atoms with Crippen LogP contribution >= 0.6 is 23.2 Å². The second kappa shape index (κ2) is 9.62. The van der Waals surface area contributed by atoms with Gasteiger partial charge in [-0.1, -0.05) is 35.3 Å². The summed E-state index contributed by atoms with van der Waals surface area (Å²) in [6, 6.07) is 11.9.